The van der Waals surface area contributed by atoms with Gasteiger partial charge in [-0.3, -0.25) is 0 Å². The van der Waals surface area contributed by atoms with Gasteiger partial charge in [0.25, 0.3) is 0 Å². The molecule has 0 saturated heterocycles. The summed E-state index contributed by atoms with van der Waals surface area (Å²) in [6.45, 7) is 0.955. The van der Waals surface area contributed by atoms with Crippen molar-refractivity contribution < 1.29 is 17.6 Å². The summed E-state index contributed by atoms with van der Waals surface area (Å²) in [5.41, 5.74) is 0.803. The van der Waals surface area contributed by atoms with Gasteiger partial charge in [-0.1, -0.05) is 17.7 Å². The second kappa shape index (κ2) is 6.95. The summed E-state index contributed by atoms with van der Waals surface area (Å²) in [5.74, 6) is -0.481. The van der Waals surface area contributed by atoms with Crippen molar-refractivity contribution >= 4 is 11.6 Å². The van der Waals surface area contributed by atoms with E-state index >= 15 is 0 Å². The Balaban J connectivity index is 2.16. The normalized spacial score (nSPS) is 11.8. The fourth-order valence-electron chi connectivity index (χ4n) is 1.46. The quantitative estimate of drug-likeness (QED) is 0.606. The molecule has 0 aliphatic heterocycles. The van der Waals surface area contributed by atoms with E-state index in [1.54, 1.807) is 6.07 Å². The summed E-state index contributed by atoms with van der Waals surface area (Å²) in [6, 6.07) is 4.35. The van der Waals surface area contributed by atoms with Crippen LogP contribution >= 0.6 is 11.6 Å². The van der Waals surface area contributed by atoms with Gasteiger partial charge in [-0.2, -0.15) is 13.2 Å². The Morgan fingerprint density at radius 1 is 1.17 bits per heavy atom. The molecular weight excluding hydrogens is 270 g/mol. The number of hydrogen-bond acceptors (Lipinski definition) is 1. The molecule has 0 aliphatic carbocycles. The van der Waals surface area contributed by atoms with Crippen molar-refractivity contribution in [2.75, 3.05) is 6.54 Å². The standard InChI is InChI=1S/C12H14ClF4N/c13-10-7-9(3-4-11(10)14)8-18-6-2-1-5-12(15,16)17/h3-4,7,18H,1-2,5-6,8H2. The molecular formula is C12H14ClF4N. The molecule has 0 aromatic heterocycles. The van der Waals surface area contributed by atoms with E-state index in [0.717, 1.165) is 5.56 Å². The lowest BCUT2D eigenvalue weighted by Crippen LogP contribution is -2.16. The molecule has 0 saturated carbocycles. The van der Waals surface area contributed by atoms with E-state index in [9.17, 15) is 17.6 Å². The molecule has 18 heavy (non-hydrogen) atoms. The molecule has 0 unspecified atom stereocenters. The molecule has 1 aromatic rings. The Hall–Kier alpha value is -0.810. The van der Waals surface area contributed by atoms with Gasteiger partial charge in [0.15, 0.2) is 0 Å². The smallest absolute Gasteiger partial charge is 0.313 e. The van der Waals surface area contributed by atoms with E-state index in [-0.39, 0.29) is 11.4 Å². The lowest BCUT2D eigenvalue weighted by molar-refractivity contribution is -0.135. The number of halogens is 5. The first kappa shape index (κ1) is 15.2. The fourth-order valence-corrected chi connectivity index (χ4v) is 1.66. The summed E-state index contributed by atoms with van der Waals surface area (Å²) in [7, 11) is 0. The zero-order chi connectivity index (χ0) is 13.6. The van der Waals surface area contributed by atoms with E-state index < -0.39 is 18.4 Å². The maximum absolute atomic E-state index is 12.8. The first-order valence-corrected chi connectivity index (χ1v) is 5.98. The van der Waals surface area contributed by atoms with Crippen LogP contribution in [0.1, 0.15) is 24.8 Å². The van der Waals surface area contributed by atoms with Gasteiger partial charge in [0.05, 0.1) is 5.02 Å². The summed E-state index contributed by atoms with van der Waals surface area (Å²) in [6.07, 6.45) is -4.27. The highest BCUT2D eigenvalue weighted by molar-refractivity contribution is 6.30. The number of alkyl halides is 3. The third kappa shape index (κ3) is 6.21. The minimum Gasteiger partial charge on any atom is -0.313 e. The Kier molecular flexibility index (Phi) is 5.88. The van der Waals surface area contributed by atoms with E-state index in [1.165, 1.54) is 12.1 Å². The van der Waals surface area contributed by atoms with Crippen molar-refractivity contribution in [1.82, 2.24) is 5.32 Å². The molecule has 6 heteroatoms. The highest BCUT2D eigenvalue weighted by Gasteiger charge is 2.25. The SMILES string of the molecule is Fc1ccc(CNCCCCC(F)(F)F)cc1Cl. The average Bonchev–Trinajstić information content (AvgIpc) is 2.26. The number of unbranched alkanes of at least 4 members (excludes halogenated alkanes) is 1. The van der Waals surface area contributed by atoms with E-state index in [1.807, 2.05) is 0 Å². The topological polar surface area (TPSA) is 12.0 Å². The Morgan fingerprint density at radius 2 is 1.89 bits per heavy atom. The highest BCUT2D eigenvalue weighted by Crippen LogP contribution is 2.21. The summed E-state index contributed by atoms with van der Waals surface area (Å²) < 4.78 is 48.4. The average molecular weight is 284 g/mol. The summed E-state index contributed by atoms with van der Waals surface area (Å²) in [4.78, 5) is 0. The van der Waals surface area contributed by atoms with Gasteiger partial charge in [-0.25, -0.2) is 4.39 Å². The van der Waals surface area contributed by atoms with Gasteiger partial charge in [-0.15, -0.1) is 0 Å². The van der Waals surface area contributed by atoms with Crippen LogP contribution in [0.3, 0.4) is 0 Å². The molecule has 1 rings (SSSR count). The van der Waals surface area contributed by atoms with Crippen LogP contribution in [0.4, 0.5) is 17.6 Å². The van der Waals surface area contributed by atoms with Crippen molar-refractivity contribution in [3.8, 4) is 0 Å². The molecule has 0 radical (unpaired) electrons. The maximum Gasteiger partial charge on any atom is 0.389 e. The van der Waals surface area contributed by atoms with E-state index in [2.05, 4.69) is 5.32 Å². The monoisotopic (exact) mass is 283 g/mol. The van der Waals surface area contributed by atoms with Crippen LogP contribution in [-0.2, 0) is 6.54 Å². The molecule has 1 N–H and O–H groups in total. The van der Waals surface area contributed by atoms with Crippen molar-refractivity contribution in [3.05, 3.63) is 34.6 Å². The van der Waals surface area contributed by atoms with E-state index in [0.29, 0.717) is 19.5 Å². The molecule has 0 aliphatic rings. The number of rotatable bonds is 6. The maximum atomic E-state index is 12.8. The van der Waals surface area contributed by atoms with Crippen LogP contribution in [0.5, 0.6) is 0 Å². The number of nitrogens with one attached hydrogen (secondary N) is 1. The van der Waals surface area contributed by atoms with Crippen LogP contribution in [0.25, 0.3) is 0 Å². The van der Waals surface area contributed by atoms with Gasteiger partial charge >= 0.3 is 6.18 Å². The third-order valence-electron chi connectivity index (χ3n) is 2.38. The highest BCUT2D eigenvalue weighted by atomic mass is 35.5. The second-order valence-electron chi connectivity index (χ2n) is 4.00. The molecule has 0 amide bonds. The predicted octanol–water partition coefficient (Wildman–Crippen LogP) is 4.30. The fraction of sp³-hybridized carbons (Fsp3) is 0.500. The minimum absolute atomic E-state index is 0.0476. The van der Waals surface area contributed by atoms with Crippen LogP contribution in [0.2, 0.25) is 5.02 Å². The number of benzene rings is 1. The van der Waals surface area contributed by atoms with Crippen LogP contribution in [-0.4, -0.2) is 12.7 Å². The summed E-state index contributed by atoms with van der Waals surface area (Å²) in [5, 5.41) is 3.03. The predicted molar refractivity (Wildman–Crippen MR) is 63.0 cm³/mol. The second-order valence-corrected chi connectivity index (χ2v) is 4.40. The third-order valence-corrected chi connectivity index (χ3v) is 2.67. The van der Waals surface area contributed by atoms with Gasteiger partial charge in [0.1, 0.15) is 5.82 Å². The lowest BCUT2D eigenvalue weighted by atomic mass is 10.2. The van der Waals surface area contributed by atoms with Crippen LogP contribution < -0.4 is 5.32 Å². The van der Waals surface area contributed by atoms with E-state index in [4.69, 9.17) is 11.6 Å². The van der Waals surface area contributed by atoms with Crippen LogP contribution in [0.15, 0.2) is 18.2 Å². The molecule has 1 aromatic carbocycles. The minimum atomic E-state index is -4.08. The zero-order valence-electron chi connectivity index (χ0n) is 9.66. The number of hydrogen-bond donors (Lipinski definition) is 1. The van der Waals surface area contributed by atoms with Gasteiger partial charge in [0.2, 0.25) is 0 Å². The molecule has 0 spiro atoms. The lowest BCUT2D eigenvalue weighted by Gasteiger charge is -2.07. The zero-order valence-corrected chi connectivity index (χ0v) is 10.4. The van der Waals surface area contributed by atoms with Crippen molar-refractivity contribution in [1.29, 1.82) is 0 Å². The van der Waals surface area contributed by atoms with Crippen molar-refractivity contribution in [3.63, 3.8) is 0 Å². The molecule has 1 nitrogen and oxygen atoms in total. The first-order valence-electron chi connectivity index (χ1n) is 5.60. The Bertz CT molecular complexity index is 379. The Morgan fingerprint density at radius 3 is 2.50 bits per heavy atom. The van der Waals surface area contributed by atoms with Gasteiger partial charge < -0.3 is 5.32 Å². The van der Waals surface area contributed by atoms with Gasteiger partial charge in [0, 0.05) is 13.0 Å². The van der Waals surface area contributed by atoms with Crippen molar-refractivity contribution in [2.45, 2.75) is 32.0 Å². The Labute approximate surface area is 108 Å². The van der Waals surface area contributed by atoms with Crippen molar-refractivity contribution in [2.24, 2.45) is 0 Å². The molecule has 0 bridgehead atoms. The first-order chi connectivity index (χ1) is 8.38. The molecule has 0 atom stereocenters. The summed E-state index contributed by atoms with van der Waals surface area (Å²) >= 11 is 5.60. The largest absolute Gasteiger partial charge is 0.389 e. The molecule has 0 heterocycles. The molecule has 102 valence electrons. The van der Waals surface area contributed by atoms with Crippen LogP contribution in [0, 0.1) is 5.82 Å². The molecule has 0 fully saturated rings. The van der Waals surface area contributed by atoms with Gasteiger partial charge in [-0.05, 0) is 37.1 Å².